The fourth-order valence-corrected chi connectivity index (χ4v) is 1.87. The SMILES string of the molecule is CNc1cnc2c(ccn2-c2cccnc2)c1. The minimum atomic E-state index is 0.942. The fourth-order valence-electron chi connectivity index (χ4n) is 1.87. The molecule has 0 saturated heterocycles. The number of nitrogens with one attached hydrogen (secondary N) is 1. The van der Waals surface area contributed by atoms with Gasteiger partial charge in [-0.2, -0.15) is 0 Å². The van der Waals surface area contributed by atoms with Crippen LogP contribution in [0.2, 0.25) is 0 Å². The van der Waals surface area contributed by atoms with E-state index >= 15 is 0 Å². The van der Waals surface area contributed by atoms with Crippen molar-refractivity contribution in [3.05, 3.63) is 49.1 Å². The zero-order chi connectivity index (χ0) is 11.7. The van der Waals surface area contributed by atoms with E-state index in [0.717, 1.165) is 22.4 Å². The van der Waals surface area contributed by atoms with Crippen LogP contribution in [0.4, 0.5) is 5.69 Å². The molecular weight excluding hydrogens is 212 g/mol. The molecule has 0 unspecified atom stereocenters. The van der Waals surface area contributed by atoms with E-state index < -0.39 is 0 Å². The third-order valence-corrected chi connectivity index (χ3v) is 2.74. The highest BCUT2D eigenvalue weighted by atomic mass is 15.0. The minimum absolute atomic E-state index is 0.942. The van der Waals surface area contributed by atoms with Gasteiger partial charge in [0.1, 0.15) is 5.65 Å². The average molecular weight is 224 g/mol. The summed E-state index contributed by atoms with van der Waals surface area (Å²) < 4.78 is 2.03. The van der Waals surface area contributed by atoms with Gasteiger partial charge in [0, 0.05) is 24.8 Å². The Balaban J connectivity index is 2.19. The molecule has 0 aliphatic heterocycles. The average Bonchev–Trinajstić information content (AvgIpc) is 2.82. The Kier molecular flexibility index (Phi) is 2.26. The van der Waals surface area contributed by atoms with Crippen LogP contribution in [-0.4, -0.2) is 21.6 Å². The van der Waals surface area contributed by atoms with E-state index in [1.807, 2.05) is 42.3 Å². The highest BCUT2D eigenvalue weighted by Gasteiger charge is 2.04. The minimum Gasteiger partial charge on any atom is -0.387 e. The second-order valence-electron chi connectivity index (χ2n) is 3.78. The lowest BCUT2D eigenvalue weighted by Gasteiger charge is -2.04. The molecule has 0 spiro atoms. The Morgan fingerprint density at radius 1 is 1.24 bits per heavy atom. The molecule has 84 valence electrons. The molecule has 0 atom stereocenters. The number of aromatic nitrogens is 3. The molecule has 17 heavy (non-hydrogen) atoms. The molecule has 4 nitrogen and oxygen atoms in total. The van der Waals surface area contributed by atoms with Crippen molar-refractivity contribution in [3.8, 4) is 5.69 Å². The lowest BCUT2D eigenvalue weighted by atomic mass is 10.3. The van der Waals surface area contributed by atoms with Crippen molar-refractivity contribution in [2.45, 2.75) is 0 Å². The van der Waals surface area contributed by atoms with Gasteiger partial charge in [-0.1, -0.05) is 0 Å². The summed E-state index contributed by atoms with van der Waals surface area (Å²) >= 11 is 0. The molecule has 0 saturated carbocycles. The quantitative estimate of drug-likeness (QED) is 0.727. The van der Waals surface area contributed by atoms with Gasteiger partial charge in [0.05, 0.1) is 23.8 Å². The number of fused-ring (bicyclic) bond motifs is 1. The number of anilines is 1. The largest absolute Gasteiger partial charge is 0.387 e. The summed E-state index contributed by atoms with van der Waals surface area (Å²) in [7, 11) is 1.89. The van der Waals surface area contributed by atoms with Crippen LogP contribution in [0.5, 0.6) is 0 Å². The summed E-state index contributed by atoms with van der Waals surface area (Å²) in [5.41, 5.74) is 2.98. The van der Waals surface area contributed by atoms with Gasteiger partial charge in [0.2, 0.25) is 0 Å². The van der Waals surface area contributed by atoms with E-state index in [-0.39, 0.29) is 0 Å². The predicted octanol–water partition coefficient (Wildman–Crippen LogP) is 2.46. The van der Waals surface area contributed by atoms with Crippen LogP contribution in [0.25, 0.3) is 16.7 Å². The van der Waals surface area contributed by atoms with E-state index in [9.17, 15) is 0 Å². The molecule has 0 bridgehead atoms. The molecule has 0 aromatic carbocycles. The summed E-state index contributed by atoms with van der Waals surface area (Å²) in [6.45, 7) is 0. The van der Waals surface area contributed by atoms with E-state index in [0.29, 0.717) is 0 Å². The van der Waals surface area contributed by atoms with Crippen LogP contribution in [0, 0.1) is 0 Å². The van der Waals surface area contributed by atoms with Crippen LogP contribution in [-0.2, 0) is 0 Å². The van der Waals surface area contributed by atoms with Gasteiger partial charge in [-0.25, -0.2) is 4.98 Å². The van der Waals surface area contributed by atoms with Gasteiger partial charge < -0.3 is 5.32 Å². The van der Waals surface area contributed by atoms with Crippen LogP contribution in [0.3, 0.4) is 0 Å². The first-order chi connectivity index (χ1) is 8.38. The van der Waals surface area contributed by atoms with Crippen LogP contribution >= 0.6 is 0 Å². The molecule has 4 heteroatoms. The third kappa shape index (κ3) is 1.63. The lowest BCUT2D eigenvalue weighted by Crippen LogP contribution is -1.95. The van der Waals surface area contributed by atoms with Gasteiger partial charge in [-0.05, 0) is 24.3 Å². The molecule has 0 amide bonds. The van der Waals surface area contributed by atoms with Crippen molar-refractivity contribution in [2.75, 3.05) is 12.4 Å². The third-order valence-electron chi connectivity index (χ3n) is 2.74. The van der Waals surface area contributed by atoms with Gasteiger partial charge in [-0.3, -0.25) is 9.55 Å². The Morgan fingerprint density at radius 2 is 2.18 bits per heavy atom. The lowest BCUT2D eigenvalue weighted by molar-refractivity contribution is 1.07. The number of hydrogen-bond donors (Lipinski definition) is 1. The zero-order valence-corrected chi connectivity index (χ0v) is 9.46. The first-order valence-electron chi connectivity index (χ1n) is 5.44. The van der Waals surface area contributed by atoms with Crippen LogP contribution in [0.15, 0.2) is 49.1 Å². The second kappa shape index (κ2) is 3.90. The number of nitrogens with zero attached hydrogens (tertiary/aromatic N) is 3. The number of rotatable bonds is 2. The molecule has 3 heterocycles. The Bertz CT molecular complexity index is 643. The molecule has 3 aromatic heterocycles. The first-order valence-corrected chi connectivity index (χ1v) is 5.44. The van der Waals surface area contributed by atoms with Gasteiger partial charge >= 0.3 is 0 Å². The van der Waals surface area contributed by atoms with Crippen molar-refractivity contribution in [3.63, 3.8) is 0 Å². The van der Waals surface area contributed by atoms with Crippen molar-refractivity contribution < 1.29 is 0 Å². The zero-order valence-electron chi connectivity index (χ0n) is 9.46. The maximum Gasteiger partial charge on any atom is 0.144 e. The summed E-state index contributed by atoms with van der Waals surface area (Å²) in [6.07, 6.45) is 7.43. The summed E-state index contributed by atoms with van der Waals surface area (Å²) in [5, 5.41) is 4.20. The predicted molar refractivity (Wildman–Crippen MR) is 68.4 cm³/mol. The van der Waals surface area contributed by atoms with E-state index in [1.54, 1.807) is 6.20 Å². The first kappa shape index (κ1) is 9.84. The normalized spacial score (nSPS) is 10.6. The summed E-state index contributed by atoms with van der Waals surface area (Å²) in [4.78, 5) is 8.58. The molecule has 0 aliphatic carbocycles. The highest BCUT2D eigenvalue weighted by Crippen LogP contribution is 2.20. The topological polar surface area (TPSA) is 42.7 Å². The Morgan fingerprint density at radius 3 is 2.94 bits per heavy atom. The standard InChI is InChI=1S/C13H12N4/c1-14-11-7-10-4-6-17(13(10)16-8-11)12-3-2-5-15-9-12/h2-9,14H,1H3. The maximum atomic E-state index is 4.46. The molecular formula is C13H12N4. The molecule has 0 aliphatic rings. The van der Waals surface area contributed by atoms with Crippen molar-refractivity contribution in [1.82, 2.24) is 14.5 Å². The Hall–Kier alpha value is -2.36. The van der Waals surface area contributed by atoms with E-state index in [4.69, 9.17) is 0 Å². The number of pyridine rings is 2. The van der Waals surface area contributed by atoms with Crippen molar-refractivity contribution in [2.24, 2.45) is 0 Å². The number of hydrogen-bond acceptors (Lipinski definition) is 3. The molecule has 1 N–H and O–H groups in total. The fraction of sp³-hybridized carbons (Fsp3) is 0.0769. The van der Waals surface area contributed by atoms with Crippen LogP contribution in [0.1, 0.15) is 0 Å². The highest BCUT2D eigenvalue weighted by molar-refractivity contribution is 5.81. The van der Waals surface area contributed by atoms with Gasteiger partial charge in [0.15, 0.2) is 0 Å². The smallest absolute Gasteiger partial charge is 0.144 e. The summed E-state index contributed by atoms with van der Waals surface area (Å²) in [5.74, 6) is 0. The van der Waals surface area contributed by atoms with Gasteiger partial charge in [0.25, 0.3) is 0 Å². The monoisotopic (exact) mass is 224 g/mol. The van der Waals surface area contributed by atoms with Crippen molar-refractivity contribution in [1.29, 1.82) is 0 Å². The van der Waals surface area contributed by atoms with E-state index in [2.05, 4.69) is 27.4 Å². The van der Waals surface area contributed by atoms with Crippen molar-refractivity contribution >= 4 is 16.7 Å². The second-order valence-corrected chi connectivity index (χ2v) is 3.78. The molecule has 0 radical (unpaired) electrons. The molecule has 0 fully saturated rings. The molecule has 3 rings (SSSR count). The Labute approximate surface area is 98.9 Å². The summed E-state index contributed by atoms with van der Waals surface area (Å²) in [6, 6.07) is 8.06. The van der Waals surface area contributed by atoms with E-state index in [1.165, 1.54) is 0 Å². The maximum absolute atomic E-state index is 4.46. The van der Waals surface area contributed by atoms with Gasteiger partial charge in [-0.15, -0.1) is 0 Å². The van der Waals surface area contributed by atoms with Crippen LogP contribution < -0.4 is 5.32 Å². The molecule has 3 aromatic rings.